The highest BCUT2D eigenvalue weighted by Crippen LogP contribution is 2.31. The Labute approximate surface area is 187 Å². The number of amides is 2. The van der Waals surface area contributed by atoms with Gasteiger partial charge < -0.3 is 20.5 Å². The van der Waals surface area contributed by atoms with Gasteiger partial charge >= 0.3 is 0 Å². The summed E-state index contributed by atoms with van der Waals surface area (Å²) in [5.41, 5.74) is 6.23. The highest BCUT2D eigenvalue weighted by atomic mass is 32.2. The van der Waals surface area contributed by atoms with Crippen molar-refractivity contribution in [1.82, 2.24) is 4.31 Å². The van der Waals surface area contributed by atoms with Gasteiger partial charge in [0.2, 0.25) is 15.9 Å². The molecule has 1 saturated heterocycles. The van der Waals surface area contributed by atoms with E-state index in [0.29, 0.717) is 24.5 Å². The van der Waals surface area contributed by atoms with Crippen molar-refractivity contribution >= 4 is 27.5 Å². The first-order chi connectivity index (χ1) is 15.3. The van der Waals surface area contributed by atoms with Crippen molar-refractivity contribution in [2.75, 3.05) is 32.1 Å². The van der Waals surface area contributed by atoms with Crippen LogP contribution >= 0.6 is 0 Å². The molecule has 0 aromatic heterocycles. The summed E-state index contributed by atoms with van der Waals surface area (Å²) in [6.07, 6.45) is 2.77. The molecule has 1 aliphatic rings. The number of anilines is 1. The van der Waals surface area contributed by atoms with Crippen molar-refractivity contribution in [3.05, 3.63) is 48.0 Å². The molecular weight excluding hydrogens is 434 g/mol. The van der Waals surface area contributed by atoms with Gasteiger partial charge in [0.25, 0.3) is 5.91 Å². The zero-order valence-electron chi connectivity index (χ0n) is 17.9. The molecule has 2 aromatic rings. The Morgan fingerprint density at radius 3 is 2.38 bits per heavy atom. The van der Waals surface area contributed by atoms with Crippen LogP contribution in [0.1, 0.15) is 24.8 Å². The highest BCUT2D eigenvalue weighted by molar-refractivity contribution is 7.89. The minimum absolute atomic E-state index is 0.0191. The number of piperidine rings is 1. The topological polar surface area (TPSA) is 128 Å². The zero-order chi connectivity index (χ0) is 23.1. The van der Waals surface area contributed by atoms with E-state index >= 15 is 0 Å². The third kappa shape index (κ3) is 5.98. The number of methoxy groups -OCH3 is 1. The Morgan fingerprint density at radius 1 is 1.06 bits per heavy atom. The molecule has 0 radical (unpaired) electrons. The fourth-order valence-corrected chi connectivity index (χ4v) is 5.15. The summed E-state index contributed by atoms with van der Waals surface area (Å²) in [5, 5.41) is 2.65. The first-order valence-electron chi connectivity index (χ1n) is 10.3. The molecule has 3 N–H and O–H groups in total. The molecule has 1 aliphatic heterocycles. The van der Waals surface area contributed by atoms with Crippen molar-refractivity contribution in [3.63, 3.8) is 0 Å². The van der Waals surface area contributed by atoms with Gasteiger partial charge in [-0.2, -0.15) is 4.31 Å². The summed E-state index contributed by atoms with van der Waals surface area (Å²) in [4.78, 5) is 23.3. The number of ether oxygens (including phenoxy) is 2. The van der Waals surface area contributed by atoms with Crippen LogP contribution in [0.5, 0.6) is 11.5 Å². The Hall–Kier alpha value is -3.11. The first-order valence-corrected chi connectivity index (χ1v) is 11.7. The fourth-order valence-electron chi connectivity index (χ4n) is 3.45. The summed E-state index contributed by atoms with van der Waals surface area (Å²) in [6.45, 7) is 0.664. The number of carbonyl (C=O) groups excluding carboxylic acids is 2. The highest BCUT2D eigenvalue weighted by Gasteiger charge is 2.29. The van der Waals surface area contributed by atoms with E-state index in [4.69, 9.17) is 15.2 Å². The molecule has 9 nitrogen and oxygen atoms in total. The molecule has 172 valence electrons. The van der Waals surface area contributed by atoms with Crippen LogP contribution in [0.2, 0.25) is 0 Å². The molecule has 2 aromatic carbocycles. The number of nitrogens with one attached hydrogen (secondary N) is 1. The van der Waals surface area contributed by atoms with E-state index in [9.17, 15) is 18.0 Å². The lowest BCUT2D eigenvalue weighted by molar-refractivity contribution is -0.118. The number of rotatable bonds is 9. The van der Waals surface area contributed by atoms with Crippen LogP contribution in [0.15, 0.2) is 47.4 Å². The van der Waals surface area contributed by atoms with E-state index in [0.717, 1.165) is 24.8 Å². The lowest BCUT2D eigenvalue weighted by Crippen LogP contribution is -2.35. The van der Waals surface area contributed by atoms with E-state index in [1.54, 1.807) is 30.3 Å². The van der Waals surface area contributed by atoms with Crippen LogP contribution in [0, 0.1) is 0 Å². The molecule has 10 heteroatoms. The second kappa shape index (κ2) is 10.5. The van der Waals surface area contributed by atoms with Crippen molar-refractivity contribution in [2.24, 2.45) is 5.73 Å². The molecule has 0 aliphatic carbocycles. The van der Waals surface area contributed by atoms with Gasteiger partial charge in [-0.25, -0.2) is 8.42 Å². The van der Waals surface area contributed by atoms with Gasteiger partial charge in [0.15, 0.2) is 6.61 Å². The summed E-state index contributed by atoms with van der Waals surface area (Å²) < 4.78 is 38.3. The van der Waals surface area contributed by atoms with E-state index < -0.39 is 21.8 Å². The SMILES string of the molecule is COc1ccc(NC(=O)COc2ccc(CC(N)=O)cc2)cc1S(=O)(=O)N1CCCCC1. The van der Waals surface area contributed by atoms with Gasteiger partial charge in [-0.1, -0.05) is 18.6 Å². The molecule has 1 heterocycles. The van der Waals surface area contributed by atoms with Crippen LogP contribution < -0.4 is 20.5 Å². The fraction of sp³-hybridized carbons (Fsp3) is 0.364. The monoisotopic (exact) mass is 461 g/mol. The maximum atomic E-state index is 13.1. The Balaban J connectivity index is 1.66. The number of hydrogen-bond acceptors (Lipinski definition) is 6. The summed E-state index contributed by atoms with van der Waals surface area (Å²) >= 11 is 0. The normalized spacial score (nSPS) is 14.5. The molecule has 3 rings (SSSR count). The molecule has 0 unspecified atom stereocenters. The second-order valence-corrected chi connectivity index (χ2v) is 9.36. The number of nitrogens with two attached hydrogens (primary N) is 1. The van der Waals surface area contributed by atoms with Gasteiger partial charge in [-0.15, -0.1) is 0 Å². The molecule has 0 atom stereocenters. The van der Waals surface area contributed by atoms with Gasteiger partial charge in [0.1, 0.15) is 16.4 Å². The standard InChI is InChI=1S/C22H27N3O6S/c1-30-19-10-7-17(14-20(19)32(28,29)25-11-3-2-4-12-25)24-22(27)15-31-18-8-5-16(6-9-18)13-21(23)26/h5-10,14H,2-4,11-13,15H2,1H3,(H2,23,26)(H,24,27). The lowest BCUT2D eigenvalue weighted by Gasteiger charge is -2.26. The predicted molar refractivity (Wildman–Crippen MR) is 119 cm³/mol. The van der Waals surface area contributed by atoms with E-state index in [1.807, 2.05) is 0 Å². The molecule has 0 bridgehead atoms. The molecule has 0 spiro atoms. The molecule has 32 heavy (non-hydrogen) atoms. The quantitative estimate of drug-likeness (QED) is 0.587. The Kier molecular flexibility index (Phi) is 7.70. The van der Waals surface area contributed by atoms with Crippen LogP contribution in [0.3, 0.4) is 0 Å². The maximum absolute atomic E-state index is 13.1. The van der Waals surface area contributed by atoms with Gasteiger partial charge in [0.05, 0.1) is 13.5 Å². The minimum atomic E-state index is -3.74. The number of sulfonamides is 1. The third-order valence-corrected chi connectivity index (χ3v) is 6.97. The minimum Gasteiger partial charge on any atom is -0.495 e. The predicted octanol–water partition coefficient (Wildman–Crippen LogP) is 1.92. The summed E-state index contributed by atoms with van der Waals surface area (Å²) in [5.74, 6) is -0.200. The number of nitrogens with zero attached hydrogens (tertiary/aromatic N) is 1. The Morgan fingerprint density at radius 2 is 1.75 bits per heavy atom. The van der Waals surface area contributed by atoms with Crippen molar-refractivity contribution in [2.45, 2.75) is 30.6 Å². The number of benzene rings is 2. The molecule has 1 fully saturated rings. The van der Waals surface area contributed by atoms with Crippen LogP contribution in [0.25, 0.3) is 0 Å². The summed E-state index contributed by atoms with van der Waals surface area (Å²) in [7, 11) is -2.33. The van der Waals surface area contributed by atoms with Gasteiger partial charge in [-0.3, -0.25) is 9.59 Å². The molecule has 0 saturated carbocycles. The van der Waals surface area contributed by atoms with Crippen molar-refractivity contribution in [1.29, 1.82) is 0 Å². The second-order valence-electron chi connectivity index (χ2n) is 7.45. The van der Waals surface area contributed by atoms with Crippen LogP contribution in [-0.2, 0) is 26.0 Å². The molecular formula is C22H27N3O6S. The van der Waals surface area contributed by atoms with E-state index in [2.05, 4.69) is 5.32 Å². The first kappa shape index (κ1) is 23.6. The van der Waals surface area contributed by atoms with Crippen LogP contribution in [0.4, 0.5) is 5.69 Å². The zero-order valence-corrected chi connectivity index (χ0v) is 18.7. The Bertz CT molecular complexity index is 1060. The average Bonchev–Trinajstić information content (AvgIpc) is 2.79. The summed E-state index contributed by atoms with van der Waals surface area (Å²) in [6, 6.07) is 11.2. The van der Waals surface area contributed by atoms with Crippen LogP contribution in [-0.4, -0.2) is 51.3 Å². The van der Waals surface area contributed by atoms with Crippen molar-refractivity contribution in [3.8, 4) is 11.5 Å². The molecule has 2 amide bonds. The number of hydrogen-bond donors (Lipinski definition) is 2. The van der Waals surface area contributed by atoms with E-state index in [-0.39, 0.29) is 23.7 Å². The maximum Gasteiger partial charge on any atom is 0.262 e. The van der Waals surface area contributed by atoms with Crippen molar-refractivity contribution < 1.29 is 27.5 Å². The largest absolute Gasteiger partial charge is 0.495 e. The number of carbonyl (C=O) groups is 2. The van der Waals surface area contributed by atoms with Gasteiger partial charge in [-0.05, 0) is 48.7 Å². The number of primary amides is 1. The van der Waals surface area contributed by atoms with E-state index in [1.165, 1.54) is 23.5 Å². The van der Waals surface area contributed by atoms with Gasteiger partial charge in [0, 0.05) is 18.8 Å². The lowest BCUT2D eigenvalue weighted by atomic mass is 10.1. The average molecular weight is 462 g/mol. The third-order valence-electron chi connectivity index (χ3n) is 5.05. The smallest absolute Gasteiger partial charge is 0.262 e.